The average molecular weight is 302 g/mol. The molecule has 0 radical (unpaired) electrons. The Morgan fingerprint density at radius 3 is 2.00 bits per heavy atom. The molecule has 0 amide bonds. The molecule has 0 bridgehead atoms. The molecule has 0 aliphatic heterocycles. The third-order valence-corrected chi connectivity index (χ3v) is 1.08. The van der Waals surface area contributed by atoms with Crippen LogP contribution in [0.1, 0.15) is 5.56 Å². The Labute approximate surface area is 69.5 Å². The summed E-state index contributed by atoms with van der Waals surface area (Å²) in [6.07, 6.45) is 0. The van der Waals surface area contributed by atoms with Gasteiger partial charge in [0.15, 0.2) is 0 Å². The van der Waals surface area contributed by atoms with E-state index in [1.54, 1.807) is 0 Å². The van der Waals surface area contributed by atoms with Gasteiger partial charge in [-0.2, -0.15) is 0 Å². The van der Waals surface area contributed by atoms with Gasteiger partial charge < -0.3 is 5.73 Å². The molecule has 1 nitrogen and oxygen atoms in total. The van der Waals surface area contributed by atoms with Crippen LogP contribution in [0.25, 0.3) is 0 Å². The second-order valence-corrected chi connectivity index (χ2v) is 1.69. The maximum Gasteiger partial charge on any atom is 0.0178 e. The first-order valence-electron chi connectivity index (χ1n) is 2.67. The molecule has 1 rings (SSSR count). The molecule has 0 saturated carbocycles. The van der Waals surface area contributed by atoms with E-state index in [1.165, 1.54) is 5.56 Å². The summed E-state index contributed by atoms with van der Waals surface area (Å²) >= 11 is 0. The molecule has 0 saturated heterocycles. The maximum absolute atomic E-state index is 5.35. The zero-order valence-corrected chi connectivity index (χ0v) is 7.26. The summed E-state index contributed by atoms with van der Waals surface area (Å²) in [6, 6.07) is 9.99. The Morgan fingerprint density at radius 1 is 1.11 bits per heavy atom. The first-order chi connectivity index (χ1) is 3.93. The van der Waals surface area contributed by atoms with Crippen molar-refractivity contribution >= 4 is 0 Å². The minimum absolute atomic E-state index is 0. The van der Waals surface area contributed by atoms with Gasteiger partial charge in [0.2, 0.25) is 0 Å². The van der Waals surface area contributed by atoms with E-state index in [2.05, 4.69) is 0 Å². The summed E-state index contributed by atoms with van der Waals surface area (Å²) in [6.45, 7) is 0.640. The number of benzene rings is 1. The summed E-state index contributed by atoms with van der Waals surface area (Å²) in [5.74, 6) is 0. The second kappa shape index (κ2) is 4.72. The third kappa shape index (κ3) is 2.78. The van der Waals surface area contributed by atoms with E-state index in [-0.39, 0.29) is 21.1 Å². The summed E-state index contributed by atoms with van der Waals surface area (Å²) in [7, 11) is 0. The largest absolute Gasteiger partial charge is 0.326 e. The van der Waals surface area contributed by atoms with Crippen LogP contribution in [0.5, 0.6) is 0 Å². The van der Waals surface area contributed by atoms with Gasteiger partial charge in [0, 0.05) is 27.6 Å². The van der Waals surface area contributed by atoms with E-state index in [1.807, 2.05) is 30.3 Å². The van der Waals surface area contributed by atoms with Crippen molar-refractivity contribution in [3.63, 3.8) is 0 Å². The van der Waals surface area contributed by atoms with Crippen LogP contribution in [0, 0.1) is 0 Å². The molecule has 0 atom stereocenters. The van der Waals surface area contributed by atoms with Crippen molar-refractivity contribution in [1.29, 1.82) is 0 Å². The summed E-state index contributed by atoms with van der Waals surface area (Å²) in [4.78, 5) is 0. The van der Waals surface area contributed by atoms with Crippen LogP contribution < -0.4 is 5.73 Å². The van der Waals surface area contributed by atoms with Gasteiger partial charge in [-0.05, 0) is 5.56 Å². The van der Waals surface area contributed by atoms with Gasteiger partial charge >= 0.3 is 0 Å². The second-order valence-electron chi connectivity index (χ2n) is 1.69. The topological polar surface area (TPSA) is 26.0 Å². The van der Waals surface area contributed by atoms with Crippen molar-refractivity contribution < 1.29 is 21.1 Å². The molecule has 0 fully saturated rings. The van der Waals surface area contributed by atoms with E-state index in [4.69, 9.17) is 5.73 Å². The van der Waals surface area contributed by atoms with Crippen LogP contribution in [0.15, 0.2) is 30.3 Å². The van der Waals surface area contributed by atoms with Crippen LogP contribution in [0.4, 0.5) is 0 Å². The molecule has 9 heavy (non-hydrogen) atoms. The molecule has 0 unspecified atom stereocenters. The van der Waals surface area contributed by atoms with Gasteiger partial charge in [0.1, 0.15) is 0 Å². The van der Waals surface area contributed by atoms with Gasteiger partial charge in [0.25, 0.3) is 0 Å². The molecule has 0 aromatic heterocycles. The molecule has 0 spiro atoms. The average Bonchev–Trinajstić information content (AvgIpc) is 1.90. The molecule has 0 heterocycles. The molecule has 0 aliphatic rings. The van der Waals surface area contributed by atoms with E-state index < -0.39 is 0 Å². The van der Waals surface area contributed by atoms with Crippen LogP contribution in [0.3, 0.4) is 0 Å². The number of rotatable bonds is 1. The van der Waals surface area contributed by atoms with Gasteiger partial charge in [-0.3, -0.25) is 0 Å². The minimum atomic E-state index is 0. The first-order valence-corrected chi connectivity index (χ1v) is 2.67. The molecule has 52 valence electrons. The Morgan fingerprint density at radius 2 is 1.67 bits per heavy atom. The Kier molecular flexibility index (Phi) is 4.65. The number of hydrogen-bond acceptors (Lipinski definition) is 1. The normalized spacial score (nSPS) is 8.11. The predicted octanol–water partition coefficient (Wildman–Crippen LogP) is 1.14. The molecular weight excluding hydrogens is 293 g/mol. The Hall–Kier alpha value is -0.132. The fourth-order valence-corrected chi connectivity index (χ4v) is 0.614. The fourth-order valence-electron chi connectivity index (χ4n) is 0.614. The smallest absolute Gasteiger partial charge is 0.0178 e. The quantitative estimate of drug-likeness (QED) is 0.827. The molecule has 2 heteroatoms. The first kappa shape index (κ1) is 8.87. The van der Waals surface area contributed by atoms with E-state index >= 15 is 0 Å². The maximum atomic E-state index is 5.35. The van der Waals surface area contributed by atoms with Crippen LogP contribution >= 0.6 is 0 Å². The molecule has 2 N–H and O–H groups in total. The van der Waals surface area contributed by atoms with Crippen molar-refractivity contribution in [2.45, 2.75) is 6.54 Å². The fraction of sp³-hybridized carbons (Fsp3) is 0.143. The monoisotopic (exact) mass is 302 g/mol. The van der Waals surface area contributed by atoms with Crippen molar-refractivity contribution in [1.82, 2.24) is 0 Å². The molecule has 1 aromatic rings. The molecule has 1 aromatic carbocycles. The molecular formula is C7H9NPt. The predicted molar refractivity (Wildman–Crippen MR) is 34.3 cm³/mol. The van der Waals surface area contributed by atoms with Gasteiger partial charge in [-0.15, -0.1) is 0 Å². The number of nitrogens with two attached hydrogens (primary N) is 1. The van der Waals surface area contributed by atoms with E-state index in [9.17, 15) is 0 Å². The van der Waals surface area contributed by atoms with Crippen molar-refractivity contribution in [2.75, 3.05) is 0 Å². The Balaban J connectivity index is 0.000000640. The SMILES string of the molecule is NCc1ccccc1.[Pt]. The van der Waals surface area contributed by atoms with Crippen molar-refractivity contribution in [2.24, 2.45) is 5.73 Å². The summed E-state index contributed by atoms with van der Waals surface area (Å²) in [5, 5.41) is 0. The zero-order chi connectivity index (χ0) is 5.82. The minimum Gasteiger partial charge on any atom is -0.326 e. The van der Waals surface area contributed by atoms with Gasteiger partial charge in [0.05, 0.1) is 0 Å². The zero-order valence-electron chi connectivity index (χ0n) is 4.99. The van der Waals surface area contributed by atoms with Gasteiger partial charge in [-0.25, -0.2) is 0 Å². The van der Waals surface area contributed by atoms with Crippen LogP contribution in [-0.4, -0.2) is 0 Å². The third-order valence-electron chi connectivity index (χ3n) is 1.08. The standard InChI is InChI=1S/C7H9N.Pt/c8-6-7-4-2-1-3-5-7;/h1-5H,6,8H2;. The van der Waals surface area contributed by atoms with E-state index in [0.717, 1.165) is 0 Å². The van der Waals surface area contributed by atoms with E-state index in [0.29, 0.717) is 6.54 Å². The van der Waals surface area contributed by atoms with Gasteiger partial charge in [-0.1, -0.05) is 30.3 Å². The summed E-state index contributed by atoms with van der Waals surface area (Å²) in [5.41, 5.74) is 6.54. The van der Waals surface area contributed by atoms with Crippen molar-refractivity contribution in [3.05, 3.63) is 35.9 Å². The van der Waals surface area contributed by atoms with Crippen molar-refractivity contribution in [3.8, 4) is 0 Å². The Bertz CT molecular complexity index is 150. The van der Waals surface area contributed by atoms with Crippen LogP contribution in [-0.2, 0) is 27.6 Å². The molecule has 0 aliphatic carbocycles. The number of hydrogen-bond donors (Lipinski definition) is 1. The van der Waals surface area contributed by atoms with Crippen LogP contribution in [0.2, 0.25) is 0 Å². The summed E-state index contributed by atoms with van der Waals surface area (Å²) < 4.78 is 0.